The van der Waals surface area contributed by atoms with Gasteiger partial charge in [0.05, 0.1) is 30.2 Å². The zero-order chi connectivity index (χ0) is 23.7. The van der Waals surface area contributed by atoms with Crippen molar-refractivity contribution in [1.82, 2.24) is 9.97 Å². The molecule has 0 aliphatic rings. The van der Waals surface area contributed by atoms with E-state index in [2.05, 4.69) is 19.4 Å². The third kappa shape index (κ3) is 7.44. The molecule has 0 saturated heterocycles. The minimum absolute atomic E-state index is 0.280. The summed E-state index contributed by atoms with van der Waals surface area (Å²) in [4.78, 5) is 30.5. The van der Waals surface area contributed by atoms with E-state index in [1.54, 1.807) is 42.6 Å². The zero-order valence-corrected chi connectivity index (χ0v) is 19.2. The second kappa shape index (κ2) is 11.4. The minimum Gasteiger partial charge on any atom is -0.465 e. The van der Waals surface area contributed by atoms with Crippen LogP contribution in [0.5, 0.6) is 0 Å². The molecule has 2 aromatic heterocycles. The Morgan fingerprint density at radius 3 is 1.91 bits per heavy atom. The topological polar surface area (TPSA) is 113 Å². The first-order valence-electron chi connectivity index (χ1n) is 9.16. The molecule has 0 spiro atoms. The Balaban J connectivity index is 0.000000278. The molecule has 0 unspecified atom stereocenters. The summed E-state index contributed by atoms with van der Waals surface area (Å²) < 4.78 is 31.9. The summed E-state index contributed by atoms with van der Waals surface area (Å²) in [7, 11) is -0.549. The highest BCUT2D eigenvalue weighted by molar-refractivity contribution is 7.90. The average molecular weight is 477 g/mol. The lowest BCUT2D eigenvalue weighted by Crippen LogP contribution is -2.03. The van der Waals surface area contributed by atoms with Crippen molar-refractivity contribution >= 4 is 33.4 Å². The van der Waals surface area contributed by atoms with E-state index >= 15 is 0 Å². The monoisotopic (exact) mass is 476 g/mol. The van der Waals surface area contributed by atoms with E-state index in [0.717, 1.165) is 5.56 Å². The van der Waals surface area contributed by atoms with Gasteiger partial charge in [0.15, 0.2) is 9.84 Å². The second-order valence-corrected chi connectivity index (χ2v) is 8.88. The van der Waals surface area contributed by atoms with Crippen molar-refractivity contribution in [2.24, 2.45) is 0 Å². The first-order valence-corrected chi connectivity index (χ1v) is 11.4. The van der Waals surface area contributed by atoms with Gasteiger partial charge >= 0.3 is 11.9 Å². The van der Waals surface area contributed by atoms with Gasteiger partial charge in [0.25, 0.3) is 0 Å². The Kier molecular flexibility index (Phi) is 8.86. The Labute approximate surface area is 191 Å². The van der Waals surface area contributed by atoms with E-state index in [-0.39, 0.29) is 10.0 Å². The number of rotatable bonds is 5. The second-order valence-electron chi connectivity index (χ2n) is 6.48. The number of hydrogen-bond acceptors (Lipinski definition) is 8. The van der Waals surface area contributed by atoms with Crippen LogP contribution in [-0.4, -0.2) is 50.8 Å². The summed E-state index contributed by atoms with van der Waals surface area (Å²) in [6, 6.07) is 12.8. The van der Waals surface area contributed by atoms with Gasteiger partial charge in [-0.25, -0.2) is 23.0 Å². The van der Waals surface area contributed by atoms with Gasteiger partial charge in [0, 0.05) is 30.8 Å². The lowest BCUT2D eigenvalue weighted by atomic mass is 10.1. The molecule has 10 heteroatoms. The van der Waals surface area contributed by atoms with Crippen LogP contribution in [0.4, 0.5) is 0 Å². The molecule has 3 aromatic rings. The Bertz CT molecular complexity index is 1200. The van der Waals surface area contributed by atoms with E-state index in [9.17, 15) is 18.0 Å². The average Bonchev–Trinajstić information content (AvgIpc) is 2.78. The van der Waals surface area contributed by atoms with Crippen LogP contribution in [0, 0.1) is 0 Å². The standard InChI is InChI=1S/C15H15NO4S.C7H6ClNO2/c1-20-15(17)12-7-8-16-13(10-12)9-11-3-5-14(6-4-11)21(2,18)19;1-11-7(10)5-2-3-9-6(8)4-5/h3-8,10H,9H2,1-2H3;2-4H,1H3. The smallest absolute Gasteiger partial charge is 0.338 e. The van der Waals surface area contributed by atoms with Crippen LogP contribution in [0.2, 0.25) is 5.15 Å². The molecule has 1 aromatic carbocycles. The number of esters is 2. The molecule has 168 valence electrons. The molecule has 0 atom stereocenters. The highest BCUT2D eigenvalue weighted by Crippen LogP contribution is 2.14. The van der Waals surface area contributed by atoms with Crippen LogP contribution >= 0.6 is 11.6 Å². The molecule has 0 radical (unpaired) electrons. The molecule has 0 aliphatic carbocycles. The van der Waals surface area contributed by atoms with Crippen LogP contribution in [-0.2, 0) is 25.7 Å². The molecule has 0 N–H and O–H groups in total. The van der Waals surface area contributed by atoms with Crippen LogP contribution in [0.15, 0.2) is 65.8 Å². The van der Waals surface area contributed by atoms with Crippen LogP contribution in [0.3, 0.4) is 0 Å². The fraction of sp³-hybridized carbons (Fsp3) is 0.182. The van der Waals surface area contributed by atoms with E-state index < -0.39 is 21.8 Å². The number of ether oxygens (including phenoxy) is 2. The normalized spacial score (nSPS) is 10.5. The SMILES string of the molecule is COC(=O)c1ccnc(Cc2ccc(S(C)(=O)=O)cc2)c1.COC(=O)c1ccnc(Cl)c1. The summed E-state index contributed by atoms with van der Waals surface area (Å²) >= 11 is 5.53. The number of carbonyl (C=O) groups is 2. The van der Waals surface area contributed by atoms with Crippen molar-refractivity contribution in [3.63, 3.8) is 0 Å². The maximum Gasteiger partial charge on any atom is 0.338 e. The Hall–Kier alpha value is -3.30. The van der Waals surface area contributed by atoms with Crippen molar-refractivity contribution < 1.29 is 27.5 Å². The van der Waals surface area contributed by atoms with Gasteiger partial charge in [0.2, 0.25) is 0 Å². The molecular weight excluding hydrogens is 456 g/mol. The molecule has 3 rings (SSSR count). The number of nitrogens with zero attached hydrogens (tertiary/aromatic N) is 2. The van der Waals surface area contributed by atoms with Gasteiger partial charge in [0.1, 0.15) is 5.15 Å². The van der Waals surface area contributed by atoms with Crippen molar-refractivity contribution in [3.05, 3.63) is 88.5 Å². The number of methoxy groups -OCH3 is 2. The highest BCUT2D eigenvalue weighted by Gasteiger charge is 2.09. The molecule has 0 saturated carbocycles. The van der Waals surface area contributed by atoms with Crippen LogP contribution in [0.25, 0.3) is 0 Å². The summed E-state index contributed by atoms with van der Waals surface area (Å²) in [6.07, 6.45) is 4.68. The van der Waals surface area contributed by atoms with Crippen molar-refractivity contribution in [2.45, 2.75) is 11.3 Å². The third-order valence-electron chi connectivity index (χ3n) is 4.12. The number of aromatic nitrogens is 2. The number of benzene rings is 1. The highest BCUT2D eigenvalue weighted by atomic mass is 35.5. The quantitative estimate of drug-likeness (QED) is 0.407. The van der Waals surface area contributed by atoms with Crippen molar-refractivity contribution in [3.8, 4) is 0 Å². The van der Waals surface area contributed by atoms with Gasteiger partial charge in [-0.15, -0.1) is 0 Å². The predicted octanol–water partition coefficient (Wildman–Crippen LogP) is 3.38. The van der Waals surface area contributed by atoms with Crippen LogP contribution in [0.1, 0.15) is 32.0 Å². The zero-order valence-electron chi connectivity index (χ0n) is 17.6. The van der Waals surface area contributed by atoms with Gasteiger partial charge < -0.3 is 9.47 Å². The summed E-state index contributed by atoms with van der Waals surface area (Å²) in [5.41, 5.74) is 2.48. The van der Waals surface area contributed by atoms with Crippen molar-refractivity contribution in [2.75, 3.05) is 20.5 Å². The number of pyridine rings is 2. The van der Waals surface area contributed by atoms with Crippen molar-refractivity contribution in [1.29, 1.82) is 0 Å². The Morgan fingerprint density at radius 1 is 0.875 bits per heavy atom. The molecule has 2 heterocycles. The molecule has 0 fully saturated rings. The molecule has 0 aliphatic heterocycles. The van der Waals surface area contributed by atoms with Crippen LogP contribution < -0.4 is 0 Å². The molecule has 0 amide bonds. The minimum atomic E-state index is -3.19. The maximum atomic E-state index is 11.5. The van der Waals surface area contributed by atoms with Gasteiger partial charge in [-0.1, -0.05) is 23.7 Å². The number of halogens is 1. The third-order valence-corrected chi connectivity index (χ3v) is 5.46. The van der Waals surface area contributed by atoms with E-state index in [1.807, 2.05) is 0 Å². The van der Waals surface area contributed by atoms with E-state index in [0.29, 0.717) is 23.2 Å². The first-order chi connectivity index (χ1) is 15.1. The van der Waals surface area contributed by atoms with Gasteiger partial charge in [-0.3, -0.25) is 4.98 Å². The van der Waals surface area contributed by atoms with Gasteiger partial charge in [-0.2, -0.15) is 0 Å². The number of carbonyl (C=O) groups excluding carboxylic acids is 2. The largest absolute Gasteiger partial charge is 0.465 e. The molecule has 32 heavy (non-hydrogen) atoms. The fourth-order valence-electron chi connectivity index (χ4n) is 2.53. The fourth-order valence-corrected chi connectivity index (χ4v) is 3.33. The number of sulfone groups is 1. The maximum absolute atomic E-state index is 11.5. The predicted molar refractivity (Wildman–Crippen MR) is 119 cm³/mol. The lowest BCUT2D eigenvalue weighted by molar-refractivity contribution is 0.0591. The van der Waals surface area contributed by atoms with E-state index in [4.69, 9.17) is 11.6 Å². The van der Waals surface area contributed by atoms with Gasteiger partial charge in [-0.05, 0) is 42.0 Å². The number of hydrogen-bond donors (Lipinski definition) is 0. The van der Waals surface area contributed by atoms with E-state index in [1.165, 1.54) is 38.8 Å². The summed E-state index contributed by atoms with van der Waals surface area (Å²) in [5, 5.41) is 0.285. The Morgan fingerprint density at radius 2 is 1.41 bits per heavy atom. The summed E-state index contributed by atoms with van der Waals surface area (Å²) in [6.45, 7) is 0. The lowest BCUT2D eigenvalue weighted by Gasteiger charge is -2.05. The molecule has 0 bridgehead atoms. The first kappa shape index (κ1) is 25.0. The summed E-state index contributed by atoms with van der Waals surface area (Å²) in [5.74, 6) is -0.819. The molecular formula is C22H21ClN2O6S. The molecule has 8 nitrogen and oxygen atoms in total.